The number of para-hydroxylation sites is 3. The van der Waals surface area contributed by atoms with Gasteiger partial charge >= 0.3 is 27.7 Å². The Bertz CT molecular complexity index is 2080. The van der Waals surface area contributed by atoms with Crippen molar-refractivity contribution in [2.45, 2.75) is 64.2 Å². The van der Waals surface area contributed by atoms with Gasteiger partial charge in [0.2, 0.25) is 0 Å². The zero-order valence-electron chi connectivity index (χ0n) is 34.1. The number of aromatic amines is 2. The minimum absolute atomic E-state index is 0. The molecule has 3 aromatic heterocycles. The van der Waals surface area contributed by atoms with Gasteiger partial charge in [0.1, 0.15) is 6.54 Å². The van der Waals surface area contributed by atoms with E-state index in [1.54, 1.807) is 58.2 Å². The number of hydrogen-bond donors (Lipinski definition) is 4. The van der Waals surface area contributed by atoms with Crippen LogP contribution in [-0.4, -0.2) is 36.7 Å². The summed E-state index contributed by atoms with van der Waals surface area (Å²) in [6.07, 6.45) is 21.7. The summed E-state index contributed by atoms with van der Waals surface area (Å²) < 4.78 is 55.0. The van der Waals surface area contributed by atoms with Crippen LogP contribution in [0.2, 0.25) is 0 Å². The molecule has 0 radical (unpaired) electrons. The molecule has 60 heavy (non-hydrogen) atoms. The van der Waals surface area contributed by atoms with Crippen molar-refractivity contribution in [3.05, 3.63) is 183 Å². The molecule has 4 N–H and O–H groups in total. The number of hydrogen-bond acceptors (Lipinski definition) is 3. The van der Waals surface area contributed by atoms with E-state index in [1.807, 2.05) is 66.7 Å². The third-order valence-electron chi connectivity index (χ3n) is 8.59. The first-order chi connectivity index (χ1) is 27.7. The van der Waals surface area contributed by atoms with E-state index in [0.29, 0.717) is 16.1 Å². The SMILES string of the molecule is C1CCCC1.C1CCCC1.Fc1[c-]c(F)c(-n2cccc2)cc1.Fc1[c-]c(F)c(-n2cccc2)cc1.O=C(O)CNc1ccccc1.S=c1[nH]c2ccccc2[nH]1.[CH3-].[CH3-].[Ti+4]. The molecule has 2 saturated carbocycles. The minimum Gasteiger partial charge on any atom is -0.480 e. The van der Waals surface area contributed by atoms with Crippen LogP contribution < -0.4 is 5.32 Å². The summed E-state index contributed by atoms with van der Waals surface area (Å²) >= 11 is 4.90. The first-order valence-corrected chi connectivity index (χ1v) is 19.3. The molecule has 0 spiro atoms. The van der Waals surface area contributed by atoms with Gasteiger partial charge in [0.25, 0.3) is 0 Å². The fraction of sp³-hybridized carbons (Fsp3) is 0.234. The first kappa shape index (κ1) is 52.9. The van der Waals surface area contributed by atoms with Crippen LogP contribution in [0.4, 0.5) is 23.2 Å². The maximum Gasteiger partial charge on any atom is 4.00 e. The zero-order chi connectivity index (χ0) is 40.7. The van der Waals surface area contributed by atoms with Crippen LogP contribution in [-0.2, 0) is 26.5 Å². The van der Waals surface area contributed by atoms with Gasteiger partial charge in [-0.15, -0.1) is 36.4 Å². The van der Waals surface area contributed by atoms with Gasteiger partial charge in [-0.05, 0) is 96.9 Å². The third kappa shape index (κ3) is 19.7. The Labute approximate surface area is 371 Å². The molecule has 13 heteroatoms. The van der Waals surface area contributed by atoms with Crippen molar-refractivity contribution in [3.63, 3.8) is 0 Å². The Balaban J connectivity index is 0.000000367. The largest absolute Gasteiger partial charge is 4.00 e. The Hall–Kier alpha value is -5.17. The number of carboxylic acids is 1. The van der Waals surface area contributed by atoms with Crippen molar-refractivity contribution >= 4 is 34.9 Å². The molecule has 0 amide bonds. The van der Waals surface area contributed by atoms with Crippen molar-refractivity contribution in [2.24, 2.45) is 0 Å². The van der Waals surface area contributed by atoms with E-state index in [4.69, 9.17) is 17.3 Å². The summed E-state index contributed by atoms with van der Waals surface area (Å²) in [6, 6.07) is 33.3. The van der Waals surface area contributed by atoms with Crippen LogP contribution in [0.25, 0.3) is 22.4 Å². The quantitative estimate of drug-likeness (QED) is 0.0600. The maximum atomic E-state index is 13.1. The number of rotatable bonds is 5. The van der Waals surface area contributed by atoms with Crippen LogP contribution >= 0.6 is 12.2 Å². The van der Waals surface area contributed by atoms with Crippen LogP contribution in [0.5, 0.6) is 0 Å². The van der Waals surface area contributed by atoms with Crippen molar-refractivity contribution in [1.29, 1.82) is 0 Å². The monoisotopic (exact) mass is 875 g/mol. The predicted octanol–water partition coefficient (Wildman–Crippen LogP) is 13.3. The number of fused-ring (bicyclic) bond motifs is 1. The summed E-state index contributed by atoms with van der Waals surface area (Å²) in [4.78, 5) is 16.1. The number of aliphatic carboxylic acids is 1. The van der Waals surface area contributed by atoms with E-state index in [1.165, 1.54) is 88.5 Å². The molecule has 7 aromatic rings. The van der Waals surface area contributed by atoms with Gasteiger partial charge in [0.15, 0.2) is 4.77 Å². The molecule has 2 fully saturated rings. The van der Waals surface area contributed by atoms with Gasteiger partial charge < -0.3 is 44.4 Å². The normalized spacial score (nSPS) is 11.9. The number of anilines is 1. The molecule has 9 rings (SSSR count). The van der Waals surface area contributed by atoms with E-state index in [2.05, 4.69) is 15.3 Å². The smallest absolute Gasteiger partial charge is 0.480 e. The number of nitrogens with zero attached hydrogens (tertiary/aromatic N) is 2. The number of imidazole rings is 1. The molecule has 2 aliphatic carbocycles. The number of carboxylic acid groups (broad SMARTS) is 1. The summed E-state index contributed by atoms with van der Waals surface area (Å²) in [5.41, 5.74) is 3.55. The number of nitrogens with one attached hydrogen (secondary N) is 3. The molecule has 3 heterocycles. The van der Waals surface area contributed by atoms with E-state index < -0.39 is 29.2 Å². The van der Waals surface area contributed by atoms with Crippen LogP contribution in [0.3, 0.4) is 0 Å². The number of benzene rings is 4. The second-order valence-corrected chi connectivity index (χ2v) is 13.4. The zero-order valence-corrected chi connectivity index (χ0v) is 36.5. The van der Waals surface area contributed by atoms with Crippen LogP contribution in [0.1, 0.15) is 64.2 Å². The predicted molar refractivity (Wildman–Crippen MR) is 234 cm³/mol. The summed E-state index contributed by atoms with van der Waals surface area (Å²) in [6.45, 7) is -0.0377. The standard InChI is InChI=1S/2C10H6F2N.C8H9NO2.C7H6N2S.2C5H10.2CH3.Ti/c2*11-8-3-4-10(9(12)7-8)13-5-1-2-6-13;10-8(11)6-9-7-4-2-1-3-5-7;10-7-8-5-3-1-2-4-6(5)9-7;2*1-2-4-5-3-1;;;/h2*1-6H;1-5,9H,6H2,(H,10,11);1-4H,(H2,8,9,10);2*1-5H2;2*1H3;/q2*-1;;;;;2*-1;+4. The topological polar surface area (TPSA) is 90.8 Å². The van der Waals surface area contributed by atoms with Crippen LogP contribution in [0, 0.1) is 55.0 Å². The van der Waals surface area contributed by atoms with Gasteiger partial charge in [-0.1, -0.05) is 94.5 Å². The Kier molecular flexibility index (Phi) is 26.4. The number of carbonyl (C=O) groups is 1. The Morgan fingerprint density at radius 2 is 0.933 bits per heavy atom. The van der Waals surface area contributed by atoms with Crippen molar-refractivity contribution in [1.82, 2.24) is 19.1 Å². The molecular weight excluding hydrogens is 822 g/mol. The molecule has 0 bridgehead atoms. The maximum absolute atomic E-state index is 13.1. The molecule has 7 nitrogen and oxygen atoms in total. The van der Waals surface area contributed by atoms with Crippen molar-refractivity contribution in [3.8, 4) is 11.4 Å². The average Bonchev–Trinajstić information content (AvgIpc) is 4.07. The molecule has 0 saturated heterocycles. The van der Waals surface area contributed by atoms with Gasteiger partial charge in [0.05, 0.1) is 11.0 Å². The second-order valence-electron chi connectivity index (χ2n) is 13.0. The number of halogens is 4. The van der Waals surface area contributed by atoms with Crippen LogP contribution in [0.15, 0.2) is 128 Å². The van der Waals surface area contributed by atoms with E-state index in [9.17, 15) is 22.4 Å². The number of H-pyrrole nitrogens is 2. The Morgan fingerprint density at radius 3 is 1.27 bits per heavy atom. The third-order valence-corrected chi connectivity index (χ3v) is 8.79. The van der Waals surface area contributed by atoms with Gasteiger partial charge in [-0.2, -0.15) is 0 Å². The second kappa shape index (κ2) is 30.0. The fourth-order valence-corrected chi connectivity index (χ4v) is 5.96. The summed E-state index contributed by atoms with van der Waals surface area (Å²) in [5.74, 6) is -3.59. The number of aromatic nitrogens is 4. The van der Waals surface area contributed by atoms with E-state index in [0.717, 1.165) is 16.7 Å². The molecular formula is C47H53F4N5O2STi. The van der Waals surface area contributed by atoms with Gasteiger partial charge in [-0.3, -0.25) is 4.79 Å². The van der Waals surface area contributed by atoms with Gasteiger partial charge in [0, 0.05) is 29.0 Å². The summed E-state index contributed by atoms with van der Waals surface area (Å²) in [5, 5.41) is 11.1. The first-order valence-electron chi connectivity index (χ1n) is 18.9. The molecule has 0 atom stereocenters. The Morgan fingerprint density at radius 1 is 0.583 bits per heavy atom. The van der Waals surface area contributed by atoms with Crippen molar-refractivity contribution < 1.29 is 49.2 Å². The molecule has 316 valence electrons. The average molecular weight is 876 g/mol. The molecule has 2 aliphatic rings. The molecule has 0 aliphatic heterocycles. The van der Waals surface area contributed by atoms with E-state index in [-0.39, 0.29) is 43.1 Å². The van der Waals surface area contributed by atoms with E-state index >= 15 is 0 Å². The molecule has 4 aromatic carbocycles. The molecule has 0 unspecified atom stereocenters. The summed E-state index contributed by atoms with van der Waals surface area (Å²) in [7, 11) is 0. The fourth-order valence-electron chi connectivity index (χ4n) is 5.74. The van der Waals surface area contributed by atoms with Crippen molar-refractivity contribution in [2.75, 3.05) is 11.9 Å². The minimum atomic E-state index is -0.853. The van der Waals surface area contributed by atoms with Gasteiger partial charge in [-0.25, -0.2) is 17.6 Å².